The summed E-state index contributed by atoms with van der Waals surface area (Å²) >= 11 is 0. The molecule has 0 aromatic carbocycles. The Hall–Kier alpha value is -2.00. The van der Waals surface area contributed by atoms with Crippen molar-refractivity contribution in [2.45, 2.75) is 71.5 Å². The molecular weight excluding hydrogens is 395 g/mol. The molecule has 1 aromatic heterocycles. The standard InChI is InChI=1S/C22H33BN4O4/c1-13(2)8-18(27-19(28)12-26-20(29)15-11-24-6-7-25-15)23-30-17-10-14-9-16(21(14,3)4)22(17,5)31-23/h6-7,11,13-14,16-18H,8-10,12H2,1-5H3,(H,26,29)(H,27,28)/t14-,16-,17+,18-,22-/m0/s1. The molecular formula is C22H33BN4O4. The Morgan fingerprint density at radius 3 is 2.68 bits per heavy atom. The molecule has 2 heterocycles. The summed E-state index contributed by atoms with van der Waals surface area (Å²) in [7, 11) is -0.479. The van der Waals surface area contributed by atoms with Crippen molar-refractivity contribution in [3.05, 3.63) is 24.3 Å². The van der Waals surface area contributed by atoms with Crippen LogP contribution in [0.4, 0.5) is 0 Å². The minimum absolute atomic E-state index is 0.0668. The zero-order chi connectivity index (χ0) is 22.4. The third kappa shape index (κ3) is 4.10. The Labute approximate surface area is 184 Å². The first kappa shape index (κ1) is 22.2. The van der Waals surface area contributed by atoms with Crippen LogP contribution in [0.5, 0.6) is 0 Å². The molecule has 8 nitrogen and oxygen atoms in total. The van der Waals surface area contributed by atoms with E-state index in [0.717, 1.165) is 12.8 Å². The summed E-state index contributed by atoms with van der Waals surface area (Å²) in [5.41, 5.74) is 0.128. The minimum Gasteiger partial charge on any atom is -0.404 e. The number of rotatable bonds is 7. The van der Waals surface area contributed by atoms with E-state index in [9.17, 15) is 9.59 Å². The van der Waals surface area contributed by atoms with Gasteiger partial charge in [0.25, 0.3) is 5.91 Å². The molecule has 5 rings (SSSR count). The number of aromatic nitrogens is 2. The molecule has 3 saturated carbocycles. The molecule has 2 bridgehead atoms. The number of carbonyl (C=O) groups is 2. The number of nitrogens with zero attached hydrogens (tertiary/aromatic N) is 2. The number of hydrogen-bond acceptors (Lipinski definition) is 6. The number of amides is 2. The molecule has 168 valence electrons. The van der Waals surface area contributed by atoms with Gasteiger partial charge in [-0.25, -0.2) is 4.98 Å². The Morgan fingerprint density at radius 1 is 1.26 bits per heavy atom. The van der Waals surface area contributed by atoms with Crippen LogP contribution in [-0.2, 0) is 14.1 Å². The Kier molecular flexibility index (Phi) is 5.85. The van der Waals surface area contributed by atoms with Crippen LogP contribution in [0.1, 0.15) is 64.4 Å². The van der Waals surface area contributed by atoms with Gasteiger partial charge in [0.2, 0.25) is 5.91 Å². The van der Waals surface area contributed by atoms with E-state index in [-0.39, 0.29) is 41.2 Å². The van der Waals surface area contributed by atoms with Crippen molar-refractivity contribution in [2.24, 2.45) is 23.2 Å². The van der Waals surface area contributed by atoms with Crippen molar-refractivity contribution in [1.82, 2.24) is 20.6 Å². The summed E-state index contributed by atoms with van der Waals surface area (Å²) in [6.45, 7) is 10.9. The van der Waals surface area contributed by atoms with Crippen LogP contribution in [0.15, 0.2) is 18.6 Å². The number of hydrogen-bond donors (Lipinski definition) is 2. The third-order valence-corrected chi connectivity index (χ3v) is 7.57. The molecule has 9 heteroatoms. The van der Waals surface area contributed by atoms with Crippen molar-refractivity contribution in [2.75, 3.05) is 6.54 Å². The molecule has 3 aliphatic carbocycles. The normalized spacial score (nSPS) is 31.5. The van der Waals surface area contributed by atoms with Crippen LogP contribution in [-0.4, -0.2) is 53.1 Å². The smallest absolute Gasteiger partial charge is 0.404 e. The van der Waals surface area contributed by atoms with Gasteiger partial charge in [-0.2, -0.15) is 0 Å². The van der Waals surface area contributed by atoms with Crippen molar-refractivity contribution in [1.29, 1.82) is 0 Å². The van der Waals surface area contributed by atoms with Gasteiger partial charge in [0.15, 0.2) is 0 Å². The first-order chi connectivity index (χ1) is 14.6. The van der Waals surface area contributed by atoms with Crippen LogP contribution < -0.4 is 10.6 Å². The van der Waals surface area contributed by atoms with E-state index in [1.54, 1.807) is 0 Å². The van der Waals surface area contributed by atoms with Crippen LogP contribution in [0.2, 0.25) is 0 Å². The van der Waals surface area contributed by atoms with E-state index < -0.39 is 13.0 Å². The summed E-state index contributed by atoms with van der Waals surface area (Å²) in [6.07, 6.45) is 7.29. The highest BCUT2D eigenvalue weighted by molar-refractivity contribution is 6.47. The van der Waals surface area contributed by atoms with Gasteiger partial charge >= 0.3 is 7.12 Å². The van der Waals surface area contributed by atoms with Gasteiger partial charge < -0.3 is 19.9 Å². The second-order valence-electron chi connectivity index (χ2n) is 10.4. The van der Waals surface area contributed by atoms with Gasteiger partial charge in [0.05, 0.1) is 30.4 Å². The molecule has 5 atom stereocenters. The van der Waals surface area contributed by atoms with Crippen LogP contribution in [0, 0.1) is 23.2 Å². The maximum atomic E-state index is 12.6. The summed E-state index contributed by atoms with van der Waals surface area (Å²) in [6, 6.07) is 0. The van der Waals surface area contributed by atoms with Gasteiger partial charge in [-0.1, -0.05) is 27.7 Å². The van der Waals surface area contributed by atoms with Gasteiger partial charge in [0, 0.05) is 12.4 Å². The average Bonchev–Trinajstić information content (AvgIpc) is 3.09. The molecule has 0 unspecified atom stereocenters. The monoisotopic (exact) mass is 428 g/mol. The fraction of sp³-hybridized carbons (Fsp3) is 0.727. The minimum atomic E-state index is -0.479. The largest absolute Gasteiger partial charge is 0.481 e. The highest BCUT2D eigenvalue weighted by Crippen LogP contribution is 2.65. The summed E-state index contributed by atoms with van der Waals surface area (Å²) in [5, 5.41) is 5.63. The van der Waals surface area contributed by atoms with E-state index in [2.05, 4.69) is 55.2 Å². The maximum absolute atomic E-state index is 12.6. The molecule has 2 N–H and O–H groups in total. The van der Waals surface area contributed by atoms with E-state index in [1.165, 1.54) is 25.0 Å². The van der Waals surface area contributed by atoms with Crippen molar-refractivity contribution >= 4 is 18.9 Å². The topological polar surface area (TPSA) is 102 Å². The molecule has 31 heavy (non-hydrogen) atoms. The summed E-state index contributed by atoms with van der Waals surface area (Å²) in [4.78, 5) is 32.6. The van der Waals surface area contributed by atoms with E-state index in [4.69, 9.17) is 9.31 Å². The first-order valence-corrected chi connectivity index (χ1v) is 11.3. The van der Waals surface area contributed by atoms with Gasteiger partial charge in [0.1, 0.15) is 5.69 Å². The van der Waals surface area contributed by atoms with Crippen LogP contribution in [0.25, 0.3) is 0 Å². The average molecular weight is 428 g/mol. The van der Waals surface area contributed by atoms with Crippen LogP contribution >= 0.6 is 0 Å². The second kappa shape index (κ2) is 8.17. The lowest BCUT2D eigenvalue weighted by molar-refractivity contribution is -0.199. The van der Waals surface area contributed by atoms with Gasteiger partial charge in [-0.15, -0.1) is 0 Å². The zero-order valence-electron chi connectivity index (χ0n) is 19.1. The molecule has 1 aliphatic heterocycles. The van der Waals surface area contributed by atoms with Gasteiger partial charge in [-0.3, -0.25) is 14.6 Å². The fourth-order valence-electron chi connectivity index (χ4n) is 5.74. The highest BCUT2D eigenvalue weighted by Gasteiger charge is 2.68. The zero-order valence-corrected chi connectivity index (χ0v) is 19.1. The first-order valence-electron chi connectivity index (χ1n) is 11.3. The van der Waals surface area contributed by atoms with E-state index >= 15 is 0 Å². The molecule has 0 spiro atoms. The quantitative estimate of drug-likeness (QED) is 0.645. The lowest BCUT2D eigenvalue weighted by Crippen LogP contribution is -2.65. The SMILES string of the molecule is CC(C)C[C@H](NC(=O)CNC(=O)c1cnccn1)B1O[C@@H]2C[C@@H]3C[C@@H](C3(C)C)[C@]2(C)O1. The molecule has 1 aromatic rings. The van der Waals surface area contributed by atoms with E-state index in [1.807, 2.05) is 0 Å². The second-order valence-corrected chi connectivity index (χ2v) is 10.4. The molecule has 1 saturated heterocycles. The number of carbonyl (C=O) groups excluding carboxylic acids is 2. The van der Waals surface area contributed by atoms with Crippen molar-refractivity contribution in [3.8, 4) is 0 Å². The maximum Gasteiger partial charge on any atom is 0.481 e. The van der Waals surface area contributed by atoms with Gasteiger partial charge in [-0.05, 0) is 49.4 Å². The Bertz CT molecular complexity index is 836. The van der Waals surface area contributed by atoms with Crippen molar-refractivity contribution in [3.63, 3.8) is 0 Å². The lowest BCUT2D eigenvalue weighted by atomic mass is 9.43. The highest BCUT2D eigenvalue weighted by atomic mass is 16.7. The Morgan fingerprint density at radius 2 is 2.03 bits per heavy atom. The van der Waals surface area contributed by atoms with E-state index in [0.29, 0.717) is 17.8 Å². The van der Waals surface area contributed by atoms with Crippen molar-refractivity contribution < 1.29 is 18.9 Å². The Balaban J connectivity index is 1.38. The fourth-order valence-corrected chi connectivity index (χ4v) is 5.74. The van der Waals surface area contributed by atoms with Crippen LogP contribution in [0.3, 0.4) is 0 Å². The number of nitrogens with one attached hydrogen (secondary N) is 2. The predicted molar refractivity (Wildman–Crippen MR) is 116 cm³/mol. The third-order valence-electron chi connectivity index (χ3n) is 7.57. The lowest BCUT2D eigenvalue weighted by Gasteiger charge is -2.64. The molecule has 0 radical (unpaired) electrons. The molecule has 4 fully saturated rings. The predicted octanol–water partition coefficient (Wildman–Crippen LogP) is 2.00. The summed E-state index contributed by atoms with van der Waals surface area (Å²) < 4.78 is 12.9. The molecule has 2 amide bonds. The summed E-state index contributed by atoms with van der Waals surface area (Å²) in [5.74, 6) is 0.510. The molecule has 4 aliphatic rings.